The molecular weight excluding hydrogens is 390 g/mol. The zero-order valence-corrected chi connectivity index (χ0v) is 17.8. The van der Waals surface area contributed by atoms with Gasteiger partial charge in [-0.25, -0.2) is 4.79 Å². The molecule has 0 saturated carbocycles. The molecule has 0 N–H and O–H groups in total. The van der Waals surface area contributed by atoms with E-state index in [-0.39, 0.29) is 11.7 Å². The number of ether oxygens (including phenoxy) is 2. The van der Waals surface area contributed by atoms with Crippen molar-refractivity contribution >= 4 is 21.7 Å². The summed E-state index contributed by atoms with van der Waals surface area (Å²) in [6.07, 6.45) is 2.14. The summed E-state index contributed by atoms with van der Waals surface area (Å²) in [7, 11) is 3.35. The van der Waals surface area contributed by atoms with Crippen molar-refractivity contribution < 1.29 is 13.9 Å². The molecule has 5 rings (SSSR count). The minimum absolute atomic E-state index is 0.220. The minimum Gasteiger partial charge on any atom is -0.497 e. The second-order valence-electron chi connectivity index (χ2n) is 7.99. The fourth-order valence-electron chi connectivity index (χ4n) is 4.82. The average molecular weight is 415 g/mol. The van der Waals surface area contributed by atoms with Crippen LogP contribution in [0.25, 0.3) is 21.7 Å². The molecule has 31 heavy (non-hydrogen) atoms. The number of likely N-dealkylation sites (tertiary alicyclic amines) is 1. The van der Waals surface area contributed by atoms with Gasteiger partial charge in [0.15, 0.2) is 0 Å². The average Bonchev–Trinajstić information content (AvgIpc) is 3.25. The maximum atomic E-state index is 12.3. The lowest BCUT2D eigenvalue weighted by Gasteiger charge is -2.27. The number of hydrogen-bond donors (Lipinski definition) is 0. The van der Waals surface area contributed by atoms with Crippen molar-refractivity contribution in [2.75, 3.05) is 20.8 Å². The maximum absolute atomic E-state index is 12.3. The molecule has 1 aliphatic rings. The first-order chi connectivity index (χ1) is 15.2. The van der Waals surface area contributed by atoms with Crippen molar-refractivity contribution in [1.29, 1.82) is 0 Å². The molecule has 5 heteroatoms. The molecule has 1 atom stereocenters. The monoisotopic (exact) mass is 415 g/mol. The summed E-state index contributed by atoms with van der Waals surface area (Å²) in [6.45, 7) is 1.64. The van der Waals surface area contributed by atoms with E-state index in [1.54, 1.807) is 20.3 Å². The predicted octanol–water partition coefficient (Wildman–Crippen LogP) is 5.30. The Morgan fingerprint density at radius 1 is 1.03 bits per heavy atom. The highest BCUT2D eigenvalue weighted by atomic mass is 16.5. The molecule has 0 spiro atoms. The maximum Gasteiger partial charge on any atom is 0.336 e. The van der Waals surface area contributed by atoms with Gasteiger partial charge in [0, 0.05) is 35.7 Å². The van der Waals surface area contributed by atoms with Crippen molar-refractivity contribution in [2.24, 2.45) is 0 Å². The van der Waals surface area contributed by atoms with Gasteiger partial charge in [-0.05, 0) is 47.9 Å². The largest absolute Gasteiger partial charge is 0.497 e. The van der Waals surface area contributed by atoms with E-state index in [4.69, 9.17) is 13.9 Å². The van der Waals surface area contributed by atoms with Crippen LogP contribution in [0.5, 0.6) is 11.5 Å². The van der Waals surface area contributed by atoms with Gasteiger partial charge in [0.25, 0.3) is 0 Å². The molecule has 1 fully saturated rings. The number of benzene rings is 3. The Kier molecular flexibility index (Phi) is 5.12. The summed E-state index contributed by atoms with van der Waals surface area (Å²) in [4.78, 5) is 14.7. The molecule has 1 aromatic heterocycles. The van der Waals surface area contributed by atoms with Crippen LogP contribution >= 0.6 is 0 Å². The number of fused-ring (bicyclic) bond motifs is 3. The Morgan fingerprint density at radius 3 is 2.74 bits per heavy atom. The Hall–Kier alpha value is -3.31. The molecule has 4 aromatic rings. The van der Waals surface area contributed by atoms with E-state index in [0.717, 1.165) is 58.2 Å². The van der Waals surface area contributed by atoms with Gasteiger partial charge in [0.1, 0.15) is 17.1 Å². The second kappa shape index (κ2) is 8.08. The fourth-order valence-corrected chi connectivity index (χ4v) is 4.82. The first kappa shape index (κ1) is 19.6. The molecule has 0 radical (unpaired) electrons. The predicted molar refractivity (Wildman–Crippen MR) is 122 cm³/mol. The van der Waals surface area contributed by atoms with Crippen LogP contribution in [-0.2, 0) is 6.54 Å². The van der Waals surface area contributed by atoms with E-state index in [9.17, 15) is 4.79 Å². The Bertz CT molecular complexity index is 1310. The fraction of sp³-hybridized carbons (Fsp3) is 0.269. The van der Waals surface area contributed by atoms with Crippen LogP contribution in [0.2, 0.25) is 0 Å². The third-order valence-corrected chi connectivity index (χ3v) is 6.25. The molecule has 1 aliphatic heterocycles. The van der Waals surface area contributed by atoms with Gasteiger partial charge in [-0.3, -0.25) is 4.90 Å². The SMILES string of the molecule is COc1ccc([C@H]2CCCN2Cc2cc(=O)oc3ccc4ccccc4c23)c(OC)c1. The van der Waals surface area contributed by atoms with E-state index in [1.807, 2.05) is 36.4 Å². The lowest BCUT2D eigenvalue weighted by Crippen LogP contribution is -2.24. The van der Waals surface area contributed by atoms with Gasteiger partial charge in [-0.2, -0.15) is 0 Å². The summed E-state index contributed by atoms with van der Waals surface area (Å²) in [6, 6.07) is 20.0. The second-order valence-corrected chi connectivity index (χ2v) is 7.99. The Balaban J connectivity index is 1.58. The molecule has 0 aliphatic carbocycles. The van der Waals surface area contributed by atoms with Crippen LogP contribution in [0.3, 0.4) is 0 Å². The minimum atomic E-state index is -0.310. The van der Waals surface area contributed by atoms with Crippen molar-refractivity contribution in [3.8, 4) is 11.5 Å². The Morgan fingerprint density at radius 2 is 1.90 bits per heavy atom. The number of nitrogens with zero attached hydrogens (tertiary/aromatic N) is 1. The first-order valence-electron chi connectivity index (χ1n) is 10.6. The van der Waals surface area contributed by atoms with E-state index >= 15 is 0 Å². The van der Waals surface area contributed by atoms with Gasteiger partial charge in [0.05, 0.1) is 14.2 Å². The molecule has 0 unspecified atom stereocenters. The van der Waals surface area contributed by atoms with Crippen molar-refractivity contribution in [3.05, 3.63) is 82.2 Å². The van der Waals surface area contributed by atoms with Gasteiger partial charge in [-0.1, -0.05) is 36.4 Å². The summed E-state index contributed by atoms with van der Waals surface area (Å²) in [5.74, 6) is 1.61. The van der Waals surface area contributed by atoms with Crippen LogP contribution in [0.15, 0.2) is 69.9 Å². The van der Waals surface area contributed by atoms with Crippen LogP contribution in [-0.4, -0.2) is 25.7 Å². The molecule has 0 amide bonds. The highest BCUT2D eigenvalue weighted by Gasteiger charge is 2.29. The Labute approximate surface area is 180 Å². The topological polar surface area (TPSA) is 51.9 Å². The first-order valence-corrected chi connectivity index (χ1v) is 10.6. The van der Waals surface area contributed by atoms with E-state index < -0.39 is 0 Å². The molecule has 1 saturated heterocycles. The van der Waals surface area contributed by atoms with Crippen LogP contribution in [0, 0.1) is 0 Å². The summed E-state index contributed by atoms with van der Waals surface area (Å²) in [5, 5.41) is 3.27. The van der Waals surface area contributed by atoms with Gasteiger partial charge >= 0.3 is 5.63 Å². The molecule has 0 bridgehead atoms. The van der Waals surface area contributed by atoms with E-state index in [0.29, 0.717) is 12.1 Å². The van der Waals surface area contributed by atoms with Crippen LogP contribution in [0.1, 0.15) is 30.0 Å². The van der Waals surface area contributed by atoms with Crippen molar-refractivity contribution in [3.63, 3.8) is 0 Å². The van der Waals surface area contributed by atoms with Gasteiger partial charge in [-0.15, -0.1) is 0 Å². The zero-order chi connectivity index (χ0) is 21.4. The third-order valence-electron chi connectivity index (χ3n) is 6.25. The van der Waals surface area contributed by atoms with E-state index in [1.165, 1.54) is 0 Å². The highest BCUT2D eigenvalue weighted by molar-refractivity contribution is 6.07. The van der Waals surface area contributed by atoms with Crippen molar-refractivity contribution in [2.45, 2.75) is 25.4 Å². The summed E-state index contributed by atoms with van der Waals surface area (Å²) >= 11 is 0. The smallest absolute Gasteiger partial charge is 0.336 e. The summed E-state index contributed by atoms with van der Waals surface area (Å²) < 4.78 is 16.6. The van der Waals surface area contributed by atoms with Crippen LogP contribution in [0.4, 0.5) is 0 Å². The quantitative estimate of drug-likeness (QED) is 0.327. The lowest BCUT2D eigenvalue weighted by atomic mass is 10.00. The number of rotatable bonds is 5. The zero-order valence-electron chi connectivity index (χ0n) is 17.8. The lowest BCUT2D eigenvalue weighted by molar-refractivity contribution is 0.243. The molecule has 5 nitrogen and oxygen atoms in total. The van der Waals surface area contributed by atoms with Crippen LogP contribution < -0.4 is 15.1 Å². The van der Waals surface area contributed by atoms with Gasteiger partial charge in [0.2, 0.25) is 0 Å². The molecule has 3 aromatic carbocycles. The number of methoxy groups -OCH3 is 2. The normalized spacial score (nSPS) is 16.8. The third kappa shape index (κ3) is 3.55. The van der Waals surface area contributed by atoms with Crippen molar-refractivity contribution in [1.82, 2.24) is 4.90 Å². The molecule has 158 valence electrons. The van der Waals surface area contributed by atoms with E-state index in [2.05, 4.69) is 23.1 Å². The standard InChI is InChI=1S/C26H25NO4/c1-29-19-10-11-21(24(15-19)30-2)22-8-5-13-27(22)16-18-14-25(28)31-23-12-9-17-6-3-4-7-20(17)26(18)23/h3-4,6-7,9-12,14-15,22H,5,8,13,16H2,1-2H3/t22-/m1/s1. The molecular formula is C26H25NO4. The number of hydrogen-bond acceptors (Lipinski definition) is 5. The molecule has 2 heterocycles. The highest BCUT2D eigenvalue weighted by Crippen LogP contribution is 2.40. The van der Waals surface area contributed by atoms with Gasteiger partial charge < -0.3 is 13.9 Å². The summed E-state index contributed by atoms with van der Waals surface area (Å²) in [5.41, 5.74) is 2.48.